The fraction of sp³-hybridized carbons (Fsp3) is 0.348. The Bertz CT molecular complexity index is 990. The van der Waals surface area contributed by atoms with Crippen molar-refractivity contribution < 1.29 is 19.5 Å². The van der Waals surface area contributed by atoms with E-state index < -0.39 is 24.1 Å². The summed E-state index contributed by atoms with van der Waals surface area (Å²) < 4.78 is 0. The van der Waals surface area contributed by atoms with Crippen LogP contribution in [-0.2, 0) is 4.79 Å². The van der Waals surface area contributed by atoms with Crippen LogP contribution in [0, 0.1) is 0 Å². The Morgan fingerprint density at radius 2 is 1.50 bits per heavy atom. The van der Waals surface area contributed by atoms with Crippen molar-refractivity contribution in [3.05, 3.63) is 59.1 Å². The first kappa shape index (κ1) is 22.1. The molecule has 168 valence electrons. The Morgan fingerprint density at radius 3 is 2.16 bits per heavy atom. The van der Waals surface area contributed by atoms with Crippen LogP contribution in [-0.4, -0.2) is 64.5 Å². The molecule has 0 bridgehead atoms. The monoisotopic (exact) mass is 456 g/mol. The van der Waals surface area contributed by atoms with Crippen LogP contribution in [0.4, 0.5) is 16.2 Å². The van der Waals surface area contributed by atoms with Gasteiger partial charge in [-0.1, -0.05) is 11.6 Å². The standard InChI is InChI=1S/C23H25ClN4O4/c24-16-5-9-18(10-6-16)26-23(32)28-14-19(29)13-20(28)21(30)25-17-7-3-15(4-8-17)22(31)27-11-1-2-12-27/h3-10,19-20,29H,1-2,11-14H2,(H,25,30)(H,26,32). The summed E-state index contributed by atoms with van der Waals surface area (Å²) in [6, 6.07) is 12.0. The Hall–Kier alpha value is -3.10. The number of halogens is 1. The number of hydrogen-bond acceptors (Lipinski definition) is 4. The zero-order valence-corrected chi connectivity index (χ0v) is 18.2. The molecule has 2 heterocycles. The van der Waals surface area contributed by atoms with Gasteiger partial charge in [-0.05, 0) is 61.4 Å². The van der Waals surface area contributed by atoms with E-state index in [-0.39, 0.29) is 18.9 Å². The summed E-state index contributed by atoms with van der Waals surface area (Å²) in [5.41, 5.74) is 1.63. The molecule has 2 aliphatic rings. The van der Waals surface area contributed by atoms with E-state index in [1.807, 2.05) is 4.90 Å². The van der Waals surface area contributed by atoms with Crippen molar-refractivity contribution in [2.75, 3.05) is 30.3 Å². The first-order valence-electron chi connectivity index (χ1n) is 10.6. The largest absolute Gasteiger partial charge is 0.391 e. The SMILES string of the molecule is O=C(Nc1ccc(C(=O)N2CCCC2)cc1)C1CC(O)CN1C(=O)Nc1ccc(Cl)cc1. The van der Waals surface area contributed by atoms with E-state index >= 15 is 0 Å². The molecule has 0 saturated carbocycles. The summed E-state index contributed by atoms with van der Waals surface area (Å²) >= 11 is 5.87. The minimum atomic E-state index is -0.816. The molecule has 2 aromatic rings. The second-order valence-corrected chi connectivity index (χ2v) is 8.50. The van der Waals surface area contributed by atoms with E-state index in [0.717, 1.165) is 25.9 Å². The number of carbonyl (C=O) groups excluding carboxylic acids is 3. The number of urea groups is 1. The Labute approximate surface area is 191 Å². The van der Waals surface area contributed by atoms with Gasteiger partial charge in [-0.2, -0.15) is 0 Å². The number of anilines is 2. The summed E-state index contributed by atoms with van der Waals surface area (Å²) in [7, 11) is 0. The fourth-order valence-corrected chi connectivity index (χ4v) is 4.17. The quantitative estimate of drug-likeness (QED) is 0.657. The number of hydrogen-bond donors (Lipinski definition) is 3. The Kier molecular flexibility index (Phi) is 6.62. The van der Waals surface area contributed by atoms with Crippen molar-refractivity contribution in [2.45, 2.75) is 31.4 Å². The van der Waals surface area contributed by atoms with Crippen molar-refractivity contribution in [1.82, 2.24) is 9.80 Å². The van der Waals surface area contributed by atoms with E-state index in [2.05, 4.69) is 10.6 Å². The molecule has 0 aliphatic carbocycles. The molecular formula is C23H25ClN4O4. The van der Waals surface area contributed by atoms with E-state index in [0.29, 0.717) is 22.0 Å². The summed E-state index contributed by atoms with van der Waals surface area (Å²) in [5.74, 6) is -0.407. The lowest BCUT2D eigenvalue weighted by atomic mass is 10.1. The molecule has 8 nitrogen and oxygen atoms in total. The maximum atomic E-state index is 12.9. The first-order valence-corrected chi connectivity index (χ1v) is 11.0. The molecule has 3 N–H and O–H groups in total. The average Bonchev–Trinajstić information content (AvgIpc) is 3.45. The Balaban J connectivity index is 1.39. The van der Waals surface area contributed by atoms with Crippen molar-refractivity contribution in [3.8, 4) is 0 Å². The molecule has 2 saturated heterocycles. The number of carbonyl (C=O) groups is 3. The first-order chi connectivity index (χ1) is 15.4. The normalized spacial score (nSPS) is 20.3. The van der Waals surface area contributed by atoms with E-state index in [9.17, 15) is 19.5 Å². The highest BCUT2D eigenvalue weighted by molar-refractivity contribution is 6.30. The van der Waals surface area contributed by atoms with E-state index in [1.54, 1.807) is 48.5 Å². The van der Waals surface area contributed by atoms with Gasteiger partial charge in [0.05, 0.1) is 6.10 Å². The van der Waals surface area contributed by atoms with Gasteiger partial charge in [0.25, 0.3) is 5.91 Å². The number of likely N-dealkylation sites (tertiary alicyclic amines) is 2. The summed E-state index contributed by atoms with van der Waals surface area (Å²) in [6.45, 7) is 1.60. The van der Waals surface area contributed by atoms with Gasteiger partial charge < -0.3 is 25.5 Å². The second-order valence-electron chi connectivity index (χ2n) is 8.06. The predicted molar refractivity (Wildman–Crippen MR) is 122 cm³/mol. The van der Waals surface area contributed by atoms with Crippen LogP contribution in [0.1, 0.15) is 29.6 Å². The van der Waals surface area contributed by atoms with Gasteiger partial charge >= 0.3 is 6.03 Å². The van der Waals surface area contributed by atoms with Crippen LogP contribution in [0.15, 0.2) is 48.5 Å². The molecular weight excluding hydrogens is 432 g/mol. The lowest BCUT2D eigenvalue weighted by molar-refractivity contribution is -0.119. The molecule has 9 heteroatoms. The third-order valence-electron chi connectivity index (χ3n) is 5.73. The number of amides is 4. The minimum Gasteiger partial charge on any atom is -0.391 e. The highest BCUT2D eigenvalue weighted by Crippen LogP contribution is 2.23. The van der Waals surface area contributed by atoms with Crippen molar-refractivity contribution in [3.63, 3.8) is 0 Å². The Morgan fingerprint density at radius 1 is 0.906 bits per heavy atom. The van der Waals surface area contributed by atoms with Crippen LogP contribution < -0.4 is 10.6 Å². The van der Waals surface area contributed by atoms with Crippen molar-refractivity contribution >= 4 is 40.8 Å². The van der Waals surface area contributed by atoms with Gasteiger partial charge in [0.15, 0.2) is 0 Å². The number of nitrogens with one attached hydrogen (secondary N) is 2. The highest BCUT2D eigenvalue weighted by Gasteiger charge is 2.39. The van der Waals surface area contributed by atoms with Gasteiger partial charge in [-0.25, -0.2) is 4.79 Å². The van der Waals surface area contributed by atoms with Crippen molar-refractivity contribution in [2.24, 2.45) is 0 Å². The van der Waals surface area contributed by atoms with Gasteiger partial charge in [-0.3, -0.25) is 9.59 Å². The third-order valence-corrected chi connectivity index (χ3v) is 5.98. The predicted octanol–water partition coefficient (Wildman–Crippen LogP) is 3.18. The molecule has 2 aromatic carbocycles. The molecule has 0 spiro atoms. The number of aliphatic hydroxyl groups is 1. The van der Waals surface area contributed by atoms with Crippen molar-refractivity contribution in [1.29, 1.82) is 0 Å². The van der Waals surface area contributed by atoms with Crippen LogP contribution >= 0.6 is 11.6 Å². The third kappa shape index (κ3) is 5.03. The highest BCUT2D eigenvalue weighted by atomic mass is 35.5. The smallest absolute Gasteiger partial charge is 0.322 e. The van der Waals surface area contributed by atoms with E-state index in [1.165, 1.54) is 4.90 Å². The lowest BCUT2D eigenvalue weighted by Gasteiger charge is -2.24. The number of rotatable bonds is 4. The number of nitrogens with zero attached hydrogens (tertiary/aromatic N) is 2. The second kappa shape index (κ2) is 9.58. The average molecular weight is 457 g/mol. The molecule has 2 aliphatic heterocycles. The molecule has 4 rings (SSSR count). The number of aliphatic hydroxyl groups excluding tert-OH is 1. The molecule has 4 amide bonds. The summed E-state index contributed by atoms with van der Waals surface area (Å²) in [6.07, 6.45) is 1.40. The molecule has 0 aromatic heterocycles. The van der Waals surface area contributed by atoms with Crippen LogP contribution in [0.5, 0.6) is 0 Å². The summed E-state index contributed by atoms with van der Waals surface area (Å²) in [4.78, 5) is 41.2. The maximum absolute atomic E-state index is 12.9. The molecule has 0 radical (unpaired) electrons. The topological polar surface area (TPSA) is 102 Å². The minimum absolute atomic E-state index is 0.00987. The maximum Gasteiger partial charge on any atom is 0.322 e. The lowest BCUT2D eigenvalue weighted by Crippen LogP contribution is -2.45. The zero-order valence-electron chi connectivity index (χ0n) is 17.5. The van der Waals surface area contributed by atoms with Crippen LogP contribution in [0.3, 0.4) is 0 Å². The zero-order chi connectivity index (χ0) is 22.7. The van der Waals surface area contributed by atoms with Crippen LogP contribution in [0.2, 0.25) is 5.02 Å². The van der Waals surface area contributed by atoms with E-state index in [4.69, 9.17) is 11.6 Å². The van der Waals surface area contributed by atoms with Gasteiger partial charge in [0, 0.05) is 48.0 Å². The molecule has 2 atom stereocenters. The van der Waals surface area contributed by atoms with Crippen LogP contribution in [0.25, 0.3) is 0 Å². The fourth-order valence-electron chi connectivity index (χ4n) is 4.04. The molecule has 32 heavy (non-hydrogen) atoms. The van der Waals surface area contributed by atoms with Gasteiger partial charge in [0.2, 0.25) is 5.91 Å². The van der Waals surface area contributed by atoms with Gasteiger partial charge in [0.1, 0.15) is 6.04 Å². The molecule has 2 fully saturated rings. The summed E-state index contributed by atoms with van der Waals surface area (Å²) in [5, 5.41) is 16.1. The number of benzene rings is 2. The van der Waals surface area contributed by atoms with Gasteiger partial charge in [-0.15, -0.1) is 0 Å². The molecule has 2 unspecified atom stereocenters. The number of β-amino-alcohol motifs (C(OH)–C–C–N with tert-alkyl or cyclic N) is 1.